The zero-order valence-corrected chi connectivity index (χ0v) is 14.5. The van der Waals surface area contributed by atoms with Gasteiger partial charge < -0.3 is 9.64 Å². The van der Waals surface area contributed by atoms with Crippen molar-refractivity contribution in [3.8, 4) is 5.88 Å². The van der Waals surface area contributed by atoms with Gasteiger partial charge in [0.1, 0.15) is 5.69 Å². The number of carbonyl (C=O) groups excluding carboxylic acids is 1. The summed E-state index contributed by atoms with van der Waals surface area (Å²) in [4.78, 5) is 23.5. The predicted octanol–water partition coefficient (Wildman–Crippen LogP) is 1.76. The lowest BCUT2D eigenvalue weighted by Crippen LogP contribution is -2.31. The Hall–Kier alpha value is -2.90. The lowest BCUT2D eigenvalue weighted by Gasteiger charge is -2.24. The Labute approximate surface area is 145 Å². The fourth-order valence-electron chi connectivity index (χ4n) is 3.67. The highest BCUT2D eigenvalue weighted by molar-refractivity contribution is 5.93. The SMILES string of the molecule is COc1c([C@@H]2CCCN2C(=O)c2cn3cccnc3n2)c(C)nn1C. The van der Waals surface area contributed by atoms with E-state index in [0.29, 0.717) is 23.9 Å². The van der Waals surface area contributed by atoms with Crippen molar-refractivity contribution in [1.29, 1.82) is 0 Å². The molecule has 0 bridgehead atoms. The second-order valence-electron chi connectivity index (χ2n) is 6.24. The lowest BCUT2D eigenvalue weighted by molar-refractivity contribution is 0.0728. The summed E-state index contributed by atoms with van der Waals surface area (Å²) in [7, 11) is 3.49. The van der Waals surface area contributed by atoms with Crippen LogP contribution in [0, 0.1) is 6.92 Å². The number of aromatic nitrogens is 5. The van der Waals surface area contributed by atoms with Crippen LogP contribution in [-0.2, 0) is 7.05 Å². The number of ether oxygens (including phenoxy) is 1. The second kappa shape index (κ2) is 5.87. The second-order valence-corrected chi connectivity index (χ2v) is 6.24. The Morgan fingerprint density at radius 3 is 3.00 bits per heavy atom. The molecule has 0 radical (unpaired) electrons. The summed E-state index contributed by atoms with van der Waals surface area (Å²) in [6.07, 6.45) is 7.06. The number of likely N-dealkylation sites (tertiary alicyclic amines) is 1. The number of carbonyl (C=O) groups is 1. The maximum absolute atomic E-state index is 13.1. The van der Waals surface area contributed by atoms with Crippen molar-refractivity contribution >= 4 is 11.7 Å². The van der Waals surface area contributed by atoms with Crippen LogP contribution >= 0.6 is 0 Å². The van der Waals surface area contributed by atoms with Gasteiger partial charge in [-0.3, -0.25) is 9.20 Å². The molecule has 0 aliphatic carbocycles. The molecular weight excluding hydrogens is 320 g/mol. The molecule has 1 saturated heterocycles. The van der Waals surface area contributed by atoms with Crippen LogP contribution in [0.15, 0.2) is 24.7 Å². The summed E-state index contributed by atoms with van der Waals surface area (Å²) in [5.74, 6) is 1.15. The van der Waals surface area contributed by atoms with Crippen molar-refractivity contribution in [2.75, 3.05) is 13.7 Å². The summed E-state index contributed by atoms with van der Waals surface area (Å²) < 4.78 is 9.00. The number of methoxy groups -OCH3 is 1. The van der Waals surface area contributed by atoms with E-state index in [1.165, 1.54) is 0 Å². The smallest absolute Gasteiger partial charge is 0.274 e. The van der Waals surface area contributed by atoms with Crippen molar-refractivity contribution in [3.05, 3.63) is 41.6 Å². The number of nitrogens with zero attached hydrogens (tertiary/aromatic N) is 6. The summed E-state index contributed by atoms with van der Waals surface area (Å²) in [6, 6.07) is 1.76. The van der Waals surface area contributed by atoms with Crippen LogP contribution in [0.1, 0.15) is 40.6 Å². The molecule has 0 spiro atoms. The van der Waals surface area contributed by atoms with Crippen LogP contribution in [0.4, 0.5) is 0 Å². The van der Waals surface area contributed by atoms with Crippen molar-refractivity contribution in [2.24, 2.45) is 7.05 Å². The Morgan fingerprint density at radius 2 is 2.24 bits per heavy atom. The first-order chi connectivity index (χ1) is 12.1. The third-order valence-electron chi connectivity index (χ3n) is 4.71. The Morgan fingerprint density at radius 1 is 1.40 bits per heavy atom. The molecule has 1 fully saturated rings. The Balaban J connectivity index is 1.71. The number of imidazole rings is 1. The molecule has 0 unspecified atom stereocenters. The molecule has 130 valence electrons. The van der Waals surface area contributed by atoms with Crippen LogP contribution in [0.25, 0.3) is 5.78 Å². The van der Waals surface area contributed by atoms with Crippen LogP contribution in [0.2, 0.25) is 0 Å². The lowest BCUT2D eigenvalue weighted by atomic mass is 10.0. The van der Waals surface area contributed by atoms with Crippen LogP contribution in [0.3, 0.4) is 0 Å². The van der Waals surface area contributed by atoms with Gasteiger partial charge in [-0.2, -0.15) is 5.10 Å². The van der Waals surface area contributed by atoms with E-state index < -0.39 is 0 Å². The van der Waals surface area contributed by atoms with Crippen LogP contribution in [0.5, 0.6) is 5.88 Å². The topological polar surface area (TPSA) is 77.6 Å². The van der Waals surface area contributed by atoms with Crippen molar-refractivity contribution in [3.63, 3.8) is 0 Å². The monoisotopic (exact) mass is 340 g/mol. The van der Waals surface area contributed by atoms with Gasteiger partial charge in [-0.1, -0.05) is 0 Å². The number of rotatable bonds is 3. The Bertz CT molecular complexity index is 911. The highest BCUT2D eigenvalue weighted by Gasteiger charge is 2.36. The van der Waals surface area contributed by atoms with Crippen LogP contribution in [-0.4, -0.2) is 48.6 Å². The molecule has 8 heteroatoms. The van der Waals surface area contributed by atoms with E-state index in [0.717, 1.165) is 24.1 Å². The average Bonchev–Trinajstić information content (AvgIpc) is 3.30. The molecular formula is C17H20N6O2. The normalized spacial score (nSPS) is 17.4. The van der Waals surface area contributed by atoms with Gasteiger partial charge in [0.2, 0.25) is 11.7 Å². The van der Waals surface area contributed by atoms with Crippen LogP contribution < -0.4 is 4.74 Å². The molecule has 25 heavy (non-hydrogen) atoms. The molecule has 3 aromatic heterocycles. The van der Waals surface area contributed by atoms with Crippen molar-refractivity contribution in [1.82, 2.24) is 29.0 Å². The molecule has 0 aromatic carbocycles. The van der Waals surface area contributed by atoms with Gasteiger partial charge in [-0.25, -0.2) is 14.6 Å². The third-order valence-corrected chi connectivity index (χ3v) is 4.71. The maximum Gasteiger partial charge on any atom is 0.274 e. The van der Waals surface area contributed by atoms with E-state index in [4.69, 9.17) is 4.74 Å². The van der Waals surface area contributed by atoms with Crippen molar-refractivity contribution in [2.45, 2.75) is 25.8 Å². The molecule has 4 heterocycles. The van der Waals surface area contributed by atoms with E-state index >= 15 is 0 Å². The van der Waals surface area contributed by atoms with Gasteiger partial charge in [0, 0.05) is 32.2 Å². The number of hydrogen-bond acceptors (Lipinski definition) is 5. The molecule has 8 nitrogen and oxygen atoms in total. The molecule has 4 rings (SSSR count). The quantitative estimate of drug-likeness (QED) is 0.726. The standard InChI is InChI=1S/C17H20N6O2/c1-11-14(16(25-3)21(2)20-11)13-6-4-9-23(13)15(24)12-10-22-8-5-7-18-17(22)19-12/h5,7-8,10,13H,4,6,9H2,1-3H3/t13-/m0/s1. The summed E-state index contributed by atoms with van der Waals surface area (Å²) >= 11 is 0. The van der Waals surface area contributed by atoms with E-state index in [1.807, 2.05) is 31.1 Å². The minimum Gasteiger partial charge on any atom is -0.481 e. The van der Waals surface area contributed by atoms with Crippen molar-refractivity contribution < 1.29 is 9.53 Å². The fourth-order valence-corrected chi connectivity index (χ4v) is 3.67. The zero-order chi connectivity index (χ0) is 17.6. The number of hydrogen-bond donors (Lipinski definition) is 0. The van der Waals surface area contributed by atoms with Gasteiger partial charge in [-0.05, 0) is 25.8 Å². The molecule has 1 aliphatic rings. The molecule has 1 aliphatic heterocycles. The zero-order valence-electron chi connectivity index (χ0n) is 14.5. The molecule has 1 atom stereocenters. The third kappa shape index (κ3) is 2.45. The summed E-state index contributed by atoms with van der Waals surface area (Å²) in [5, 5.41) is 4.45. The van der Waals surface area contributed by atoms with Gasteiger partial charge in [0.15, 0.2) is 0 Å². The highest BCUT2D eigenvalue weighted by Crippen LogP contribution is 2.39. The predicted molar refractivity (Wildman–Crippen MR) is 90.5 cm³/mol. The average molecular weight is 340 g/mol. The first kappa shape index (κ1) is 15.6. The maximum atomic E-state index is 13.1. The molecule has 0 N–H and O–H groups in total. The van der Waals surface area contributed by atoms with E-state index in [1.54, 1.807) is 28.6 Å². The molecule has 1 amide bonds. The number of amides is 1. The number of aryl methyl sites for hydroxylation is 2. The molecule has 0 saturated carbocycles. The number of fused-ring (bicyclic) bond motifs is 1. The summed E-state index contributed by atoms with van der Waals surface area (Å²) in [6.45, 7) is 2.65. The van der Waals surface area contributed by atoms with E-state index in [-0.39, 0.29) is 11.9 Å². The van der Waals surface area contributed by atoms with E-state index in [2.05, 4.69) is 15.1 Å². The fraction of sp³-hybridized carbons (Fsp3) is 0.412. The first-order valence-electron chi connectivity index (χ1n) is 8.28. The van der Waals surface area contributed by atoms with Gasteiger partial charge in [0.25, 0.3) is 5.91 Å². The van der Waals surface area contributed by atoms with Gasteiger partial charge in [-0.15, -0.1) is 0 Å². The summed E-state index contributed by atoms with van der Waals surface area (Å²) in [5.41, 5.74) is 2.28. The first-order valence-corrected chi connectivity index (χ1v) is 8.28. The molecule has 3 aromatic rings. The minimum atomic E-state index is -0.0849. The van der Waals surface area contributed by atoms with E-state index in [9.17, 15) is 4.79 Å². The van der Waals surface area contributed by atoms with Gasteiger partial charge >= 0.3 is 0 Å². The largest absolute Gasteiger partial charge is 0.481 e. The Kier molecular flexibility index (Phi) is 3.67. The minimum absolute atomic E-state index is 0.0473. The van der Waals surface area contributed by atoms with Gasteiger partial charge in [0.05, 0.1) is 24.4 Å². The highest BCUT2D eigenvalue weighted by atomic mass is 16.5.